The van der Waals surface area contributed by atoms with Crippen molar-refractivity contribution in [1.82, 2.24) is 5.32 Å². The molecule has 0 unspecified atom stereocenters. The van der Waals surface area contributed by atoms with Crippen LogP contribution >= 0.6 is 0 Å². The molecule has 2 bridgehead atoms. The summed E-state index contributed by atoms with van der Waals surface area (Å²) >= 11 is 0. The molecule has 1 N–H and O–H groups in total. The van der Waals surface area contributed by atoms with Crippen LogP contribution in [0, 0.1) is 16.7 Å². The Morgan fingerprint density at radius 3 is 2.47 bits per heavy atom. The van der Waals surface area contributed by atoms with Crippen LogP contribution in [0.2, 0.25) is 0 Å². The second-order valence-corrected chi connectivity index (χ2v) is 7.19. The number of hydrogen-bond acceptors (Lipinski definition) is 1. The van der Waals surface area contributed by atoms with Crippen LogP contribution in [0.15, 0.2) is 30.3 Å². The second-order valence-electron chi connectivity index (χ2n) is 7.19. The molecule has 2 aliphatic carbocycles. The van der Waals surface area contributed by atoms with Gasteiger partial charge in [-0.1, -0.05) is 39.0 Å². The van der Waals surface area contributed by atoms with Crippen molar-refractivity contribution >= 4 is 5.91 Å². The minimum absolute atomic E-state index is 0.0763. The van der Waals surface area contributed by atoms with Gasteiger partial charge in [-0.3, -0.25) is 4.79 Å². The third-order valence-corrected chi connectivity index (χ3v) is 5.58. The number of nitrogens with one attached hydrogen (secondary N) is 1. The first kappa shape index (κ1) is 12.7. The molecule has 2 aliphatic rings. The number of carbonyl (C=O) groups is 1. The summed E-state index contributed by atoms with van der Waals surface area (Å²) in [4.78, 5) is 12.4. The number of benzene rings is 1. The zero-order valence-electron chi connectivity index (χ0n) is 12.1. The Hall–Kier alpha value is -1.31. The van der Waals surface area contributed by atoms with Crippen molar-refractivity contribution in [2.45, 2.75) is 46.1 Å². The lowest BCUT2D eigenvalue weighted by Gasteiger charge is -2.43. The van der Waals surface area contributed by atoms with Gasteiger partial charge in [0, 0.05) is 11.6 Å². The normalized spacial score (nSPS) is 35.3. The smallest absolute Gasteiger partial charge is 0.251 e. The molecule has 0 heterocycles. The zero-order valence-corrected chi connectivity index (χ0v) is 12.1. The largest absolute Gasteiger partial charge is 0.348 e. The van der Waals surface area contributed by atoms with Gasteiger partial charge in [-0.15, -0.1) is 0 Å². The molecule has 0 aliphatic heterocycles. The van der Waals surface area contributed by atoms with Crippen LogP contribution < -0.4 is 5.32 Å². The summed E-state index contributed by atoms with van der Waals surface area (Å²) in [6.07, 6.45) is 3.84. The first-order chi connectivity index (χ1) is 8.93. The van der Waals surface area contributed by atoms with Crippen LogP contribution in [0.4, 0.5) is 0 Å². The fraction of sp³-hybridized carbons (Fsp3) is 0.588. The fourth-order valence-corrected chi connectivity index (χ4v) is 4.47. The molecule has 0 aromatic heterocycles. The lowest BCUT2D eigenvalue weighted by Crippen LogP contribution is -2.52. The van der Waals surface area contributed by atoms with Crippen molar-refractivity contribution < 1.29 is 4.79 Å². The Morgan fingerprint density at radius 1 is 1.21 bits per heavy atom. The Bertz CT molecular complexity index is 488. The van der Waals surface area contributed by atoms with Crippen molar-refractivity contribution in [1.29, 1.82) is 0 Å². The molecule has 1 amide bonds. The molecule has 0 radical (unpaired) electrons. The molecule has 1 aromatic carbocycles. The lowest BCUT2D eigenvalue weighted by atomic mass is 9.68. The van der Waals surface area contributed by atoms with E-state index in [9.17, 15) is 4.79 Å². The van der Waals surface area contributed by atoms with Gasteiger partial charge in [0.2, 0.25) is 0 Å². The summed E-state index contributed by atoms with van der Waals surface area (Å²) in [5, 5.41) is 3.32. The summed E-state index contributed by atoms with van der Waals surface area (Å²) in [7, 11) is 0. The third-order valence-electron chi connectivity index (χ3n) is 5.58. The molecule has 3 rings (SSSR count). The summed E-state index contributed by atoms with van der Waals surface area (Å²) in [5.74, 6) is 0.839. The SMILES string of the molecule is CC1(C)[C@H]2CC[C@](C)(C2)[C@H]1NC(=O)c1ccccc1. The predicted octanol–water partition coefficient (Wildman–Crippen LogP) is 3.63. The van der Waals surface area contributed by atoms with Crippen molar-refractivity contribution in [3.8, 4) is 0 Å². The quantitative estimate of drug-likeness (QED) is 0.861. The Kier molecular flexibility index (Phi) is 2.74. The molecule has 2 fully saturated rings. The summed E-state index contributed by atoms with van der Waals surface area (Å²) in [5.41, 5.74) is 1.28. The van der Waals surface area contributed by atoms with E-state index in [4.69, 9.17) is 0 Å². The van der Waals surface area contributed by atoms with E-state index in [0.29, 0.717) is 11.5 Å². The highest BCUT2D eigenvalue weighted by Gasteiger charge is 2.59. The van der Waals surface area contributed by atoms with Crippen LogP contribution in [-0.2, 0) is 0 Å². The highest BCUT2D eigenvalue weighted by atomic mass is 16.1. The Morgan fingerprint density at radius 2 is 1.89 bits per heavy atom. The van der Waals surface area contributed by atoms with Crippen LogP contribution in [0.25, 0.3) is 0 Å². The van der Waals surface area contributed by atoms with Gasteiger partial charge >= 0.3 is 0 Å². The highest BCUT2D eigenvalue weighted by Crippen LogP contribution is 2.62. The monoisotopic (exact) mass is 257 g/mol. The van der Waals surface area contributed by atoms with Crippen molar-refractivity contribution in [2.75, 3.05) is 0 Å². The average molecular weight is 257 g/mol. The van der Waals surface area contributed by atoms with Crippen molar-refractivity contribution in [3.05, 3.63) is 35.9 Å². The molecule has 2 heteroatoms. The van der Waals surface area contributed by atoms with E-state index in [1.54, 1.807) is 0 Å². The molecule has 0 spiro atoms. The lowest BCUT2D eigenvalue weighted by molar-refractivity contribution is 0.0737. The van der Waals surface area contributed by atoms with E-state index in [-0.39, 0.29) is 11.3 Å². The molecule has 19 heavy (non-hydrogen) atoms. The molecule has 3 atom stereocenters. The van der Waals surface area contributed by atoms with Gasteiger partial charge in [0.25, 0.3) is 5.91 Å². The molecule has 0 saturated heterocycles. The van der Waals surface area contributed by atoms with Gasteiger partial charge in [-0.05, 0) is 48.1 Å². The molecule has 102 valence electrons. The van der Waals surface area contributed by atoms with E-state index >= 15 is 0 Å². The van der Waals surface area contributed by atoms with Crippen LogP contribution in [-0.4, -0.2) is 11.9 Å². The van der Waals surface area contributed by atoms with E-state index in [1.165, 1.54) is 19.3 Å². The maximum Gasteiger partial charge on any atom is 0.251 e. The summed E-state index contributed by atoms with van der Waals surface area (Å²) in [6, 6.07) is 9.85. The standard InChI is InChI=1S/C17H23NO/c1-16(2)13-9-10-17(3,11-13)15(16)18-14(19)12-7-5-4-6-8-12/h4-8,13,15H,9-11H2,1-3H3,(H,18,19)/t13-,15-,17+/m0/s1. The Labute approximate surface area is 115 Å². The Balaban J connectivity index is 1.82. The number of carbonyl (C=O) groups excluding carboxylic acids is 1. The van der Waals surface area contributed by atoms with Gasteiger partial charge in [-0.25, -0.2) is 0 Å². The third kappa shape index (κ3) is 1.89. The van der Waals surface area contributed by atoms with Crippen LogP contribution in [0.3, 0.4) is 0 Å². The number of fused-ring (bicyclic) bond motifs is 2. The summed E-state index contributed by atoms with van der Waals surface area (Å²) < 4.78 is 0. The minimum Gasteiger partial charge on any atom is -0.348 e. The van der Waals surface area contributed by atoms with E-state index in [1.807, 2.05) is 30.3 Å². The maximum absolute atomic E-state index is 12.4. The number of hydrogen-bond donors (Lipinski definition) is 1. The topological polar surface area (TPSA) is 29.1 Å². The van der Waals surface area contributed by atoms with Gasteiger partial charge in [0.15, 0.2) is 0 Å². The second kappa shape index (κ2) is 4.09. The summed E-state index contributed by atoms with van der Waals surface area (Å²) in [6.45, 7) is 6.98. The molecule has 1 aromatic rings. The predicted molar refractivity (Wildman–Crippen MR) is 76.9 cm³/mol. The van der Waals surface area contributed by atoms with Crippen molar-refractivity contribution in [2.24, 2.45) is 16.7 Å². The van der Waals surface area contributed by atoms with Gasteiger partial charge in [0.1, 0.15) is 0 Å². The van der Waals surface area contributed by atoms with E-state index in [2.05, 4.69) is 26.1 Å². The van der Waals surface area contributed by atoms with Crippen molar-refractivity contribution in [3.63, 3.8) is 0 Å². The first-order valence-electron chi connectivity index (χ1n) is 7.29. The number of rotatable bonds is 2. The molecule has 2 nitrogen and oxygen atoms in total. The highest BCUT2D eigenvalue weighted by molar-refractivity contribution is 5.94. The van der Waals surface area contributed by atoms with Crippen LogP contribution in [0.5, 0.6) is 0 Å². The maximum atomic E-state index is 12.4. The minimum atomic E-state index is 0.0763. The van der Waals surface area contributed by atoms with Crippen LogP contribution in [0.1, 0.15) is 50.4 Å². The average Bonchev–Trinajstić information content (AvgIpc) is 2.87. The molecular formula is C17H23NO. The fourth-order valence-electron chi connectivity index (χ4n) is 4.47. The van der Waals surface area contributed by atoms with E-state index in [0.717, 1.165) is 11.5 Å². The van der Waals surface area contributed by atoms with E-state index < -0.39 is 0 Å². The zero-order chi connectivity index (χ0) is 13.7. The molecular weight excluding hydrogens is 234 g/mol. The van der Waals surface area contributed by atoms with Gasteiger partial charge in [-0.2, -0.15) is 0 Å². The number of amides is 1. The van der Waals surface area contributed by atoms with Gasteiger partial charge < -0.3 is 5.32 Å². The van der Waals surface area contributed by atoms with Gasteiger partial charge in [0.05, 0.1) is 0 Å². The molecule has 2 saturated carbocycles. The first-order valence-corrected chi connectivity index (χ1v) is 7.29.